The van der Waals surface area contributed by atoms with Gasteiger partial charge >= 0.3 is 0 Å². The van der Waals surface area contributed by atoms with Crippen LogP contribution in [0.15, 0.2) is 12.1 Å². The Hall–Kier alpha value is -2.20. The minimum absolute atomic E-state index is 0.298. The number of amides is 1. The molecule has 0 aliphatic carbocycles. The summed E-state index contributed by atoms with van der Waals surface area (Å²) in [5, 5.41) is 20.2. The number of anilines is 1. The lowest BCUT2D eigenvalue weighted by atomic mass is 9.81. The Morgan fingerprint density at radius 1 is 1.27 bits per heavy atom. The summed E-state index contributed by atoms with van der Waals surface area (Å²) in [6, 6.07) is 6.41. The molecule has 0 aromatic carbocycles. The summed E-state index contributed by atoms with van der Waals surface area (Å²) in [5.41, 5.74) is 0.323. The minimum atomic E-state index is 0.298. The lowest BCUT2D eigenvalue weighted by Crippen LogP contribution is -2.57. The molecule has 0 saturated carbocycles. The Morgan fingerprint density at radius 3 is 2.69 bits per heavy atom. The molecule has 1 N–H and O–H groups in total. The van der Waals surface area contributed by atoms with E-state index >= 15 is 0 Å². The van der Waals surface area contributed by atoms with Gasteiger partial charge in [-0.1, -0.05) is 0 Å². The van der Waals surface area contributed by atoms with Gasteiger partial charge in [-0.15, -0.1) is 10.2 Å². The van der Waals surface area contributed by atoms with Gasteiger partial charge in [-0.25, -0.2) is 0 Å². The zero-order valence-electron chi connectivity index (χ0n) is 14.9. The molecule has 1 amide bonds. The molecule has 1 aromatic rings. The minimum Gasteiger partial charge on any atom is -0.381 e. The predicted octanol–water partition coefficient (Wildman–Crippen LogP) is 2.10. The van der Waals surface area contributed by atoms with E-state index in [0.717, 1.165) is 45.3 Å². The third-order valence-electron chi connectivity index (χ3n) is 5.88. The van der Waals surface area contributed by atoms with Crippen molar-refractivity contribution in [2.24, 2.45) is 5.92 Å². The van der Waals surface area contributed by atoms with E-state index < -0.39 is 0 Å². The van der Waals surface area contributed by atoms with Crippen LogP contribution in [0.3, 0.4) is 0 Å². The van der Waals surface area contributed by atoms with Gasteiger partial charge in [0.05, 0.1) is 0 Å². The molecule has 3 unspecified atom stereocenters. The number of ether oxygens (including phenoxy) is 1. The highest BCUT2D eigenvalue weighted by Crippen LogP contribution is 2.36. The number of aromatic nitrogens is 2. The molecular formula is C19H25N5O2. The SMILES string of the molecule is N#Cc1ccc(NC2CC3CCCC(C2)N3C(=O)CC2CCOC2)nn1. The Bertz CT molecular complexity index is 666. The first kappa shape index (κ1) is 17.2. The molecule has 4 rings (SSSR count). The number of nitriles is 1. The van der Waals surface area contributed by atoms with E-state index in [9.17, 15) is 4.79 Å². The van der Waals surface area contributed by atoms with Gasteiger partial charge < -0.3 is 15.0 Å². The molecule has 7 heteroatoms. The van der Waals surface area contributed by atoms with E-state index in [2.05, 4.69) is 20.4 Å². The molecule has 26 heavy (non-hydrogen) atoms. The van der Waals surface area contributed by atoms with Crippen molar-refractivity contribution in [1.82, 2.24) is 15.1 Å². The zero-order valence-corrected chi connectivity index (χ0v) is 14.9. The van der Waals surface area contributed by atoms with Crippen LogP contribution >= 0.6 is 0 Å². The average Bonchev–Trinajstić information content (AvgIpc) is 3.14. The first-order valence-corrected chi connectivity index (χ1v) is 9.62. The van der Waals surface area contributed by atoms with E-state index in [4.69, 9.17) is 10.00 Å². The Kier molecular flexibility index (Phi) is 5.02. The number of nitrogens with one attached hydrogen (secondary N) is 1. The topological polar surface area (TPSA) is 91.1 Å². The van der Waals surface area contributed by atoms with Crippen molar-refractivity contribution in [3.05, 3.63) is 17.8 Å². The van der Waals surface area contributed by atoms with Crippen LogP contribution in [0.2, 0.25) is 0 Å². The number of nitrogens with zero attached hydrogens (tertiary/aromatic N) is 4. The largest absolute Gasteiger partial charge is 0.381 e. The lowest BCUT2D eigenvalue weighted by Gasteiger charge is -2.49. The normalized spacial score (nSPS) is 30.7. The molecule has 3 aliphatic rings. The lowest BCUT2D eigenvalue weighted by molar-refractivity contribution is -0.142. The standard InChI is InChI=1S/C19H25N5O2/c20-11-14-4-5-18(23-22-14)21-15-9-16-2-1-3-17(10-15)24(16)19(25)8-13-6-7-26-12-13/h4-5,13,15-17H,1-3,6-10,12H2,(H,21,23). The van der Waals surface area contributed by atoms with Crippen LogP contribution in [-0.4, -0.2) is 52.3 Å². The summed E-state index contributed by atoms with van der Waals surface area (Å²) in [4.78, 5) is 15.1. The third-order valence-corrected chi connectivity index (χ3v) is 5.88. The summed E-state index contributed by atoms with van der Waals surface area (Å²) in [6.07, 6.45) is 6.91. The van der Waals surface area contributed by atoms with Crippen LogP contribution in [0.4, 0.5) is 5.82 Å². The summed E-state index contributed by atoms with van der Waals surface area (Å²) in [7, 11) is 0. The number of rotatable bonds is 4. The van der Waals surface area contributed by atoms with Crippen molar-refractivity contribution in [2.45, 2.75) is 63.1 Å². The number of piperidine rings is 2. The zero-order chi connectivity index (χ0) is 17.9. The first-order valence-electron chi connectivity index (χ1n) is 9.62. The molecule has 0 spiro atoms. The Labute approximate surface area is 153 Å². The highest BCUT2D eigenvalue weighted by molar-refractivity contribution is 5.77. The van der Waals surface area contributed by atoms with Gasteiger partial charge in [0.15, 0.2) is 5.69 Å². The molecule has 3 atom stereocenters. The van der Waals surface area contributed by atoms with Gasteiger partial charge in [0.25, 0.3) is 0 Å². The van der Waals surface area contributed by atoms with Gasteiger partial charge in [-0.2, -0.15) is 5.26 Å². The van der Waals surface area contributed by atoms with Gasteiger partial charge in [-0.05, 0) is 56.6 Å². The second kappa shape index (κ2) is 7.58. The molecule has 0 radical (unpaired) electrons. The van der Waals surface area contributed by atoms with Crippen molar-refractivity contribution in [3.63, 3.8) is 0 Å². The Morgan fingerprint density at radius 2 is 2.08 bits per heavy atom. The van der Waals surface area contributed by atoms with Gasteiger partial charge in [0.1, 0.15) is 11.9 Å². The van der Waals surface area contributed by atoms with Crippen molar-refractivity contribution in [1.29, 1.82) is 5.26 Å². The summed E-state index contributed by atoms with van der Waals surface area (Å²) >= 11 is 0. The monoisotopic (exact) mass is 355 g/mol. The van der Waals surface area contributed by atoms with E-state index in [-0.39, 0.29) is 0 Å². The van der Waals surface area contributed by atoms with Crippen LogP contribution in [0.5, 0.6) is 0 Å². The van der Waals surface area contributed by atoms with Crippen molar-refractivity contribution in [3.8, 4) is 6.07 Å². The molecule has 7 nitrogen and oxygen atoms in total. The molecule has 3 fully saturated rings. The van der Waals surface area contributed by atoms with Crippen LogP contribution in [0.1, 0.15) is 50.6 Å². The highest BCUT2D eigenvalue weighted by Gasteiger charge is 2.41. The van der Waals surface area contributed by atoms with E-state index in [0.29, 0.717) is 47.9 Å². The molecule has 3 saturated heterocycles. The second-order valence-electron chi connectivity index (χ2n) is 7.70. The number of hydrogen-bond donors (Lipinski definition) is 1. The molecule has 138 valence electrons. The van der Waals surface area contributed by atoms with Gasteiger partial charge in [-0.3, -0.25) is 4.79 Å². The predicted molar refractivity (Wildman–Crippen MR) is 95.2 cm³/mol. The molecule has 3 aliphatic heterocycles. The van der Waals surface area contributed by atoms with Gasteiger partial charge in [0.2, 0.25) is 5.91 Å². The highest BCUT2D eigenvalue weighted by atomic mass is 16.5. The summed E-state index contributed by atoms with van der Waals surface area (Å²) < 4.78 is 5.43. The van der Waals surface area contributed by atoms with Crippen molar-refractivity contribution in [2.75, 3.05) is 18.5 Å². The fourth-order valence-corrected chi connectivity index (χ4v) is 4.68. The van der Waals surface area contributed by atoms with Crippen LogP contribution in [0.25, 0.3) is 0 Å². The van der Waals surface area contributed by atoms with E-state index in [1.54, 1.807) is 12.1 Å². The molecular weight excluding hydrogens is 330 g/mol. The van der Waals surface area contributed by atoms with E-state index in [1.807, 2.05) is 6.07 Å². The fraction of sp³-hybridized carbons (Fsp3) is 0.684. The third kappa shape index (κ3) is 3.65. The van der Waals surface area contributed by atoms with Crippen molar-refractivity contribution < 1.29 is 9.53 Å². The molecule has 4 heterocycles. The second-order valence-corrected chi connectivity index (χ2v) is 7.70. The number of fused-ring (bicyclic) bond motifs is 2. The summed E-state index contributed by atoms with van der Waals surface area (Å²) in [6.45, 7) is 1.53. The quantitative estimate of drug-likeness (QED) is 0.889. The fourth-order valence-electron chi connectivity index (χ4n) is 4.68. The van der Waals surface area contributed by atoms with Crippen LogP contribution in [-0.2, 0) is 9.53 Å². The maximum atomic E-state index is 12.9. The number of carbonyl (C=O) groups is 1. The van der Waals surface area contributed by atoms with E-state index in [1.165, 1.54) is 6.42 Å². The maximum Gasteiger partial charge on any atom is 0.223 e. The Balaban J connectivity index is 1.39. The van der Waals surface area contributed by atoms with Crippen LogP contribution in [0, 0.1) is 17.2 Å². The smallest absolute Gasteiger partial charge is 0.223 e. The van der Waals surface area contributed by atoms with Crippen molar-refractivity contribution >= 4 is 11.7 Å². The summed E-state index contributed by atoms with van der Waals surface area (Å²) in [5.74, 6) is 1.41. The van der Waals surface area contributed by atoms with Crippen LogP contribution < -0.4 is 5.32 Å². The maximum absolute atomic E-state index is 12.9. The number of hydrogen-bond acceptors (Lipinski definition) is 6. The average molecular weight is 355 g/mol. The first-order chi connectivity index (χ1) is 12.7. The van der Waals surface area contributed by atoms with Gasteiger partial charge in [0, 0.05) is 37.8 Å². The molecule has 1 aromatic heterocycles. The molecule has 2 bridgehead atoms. The number of carbonyl (C=O) groups excluding carboxylic acids is 1.